The van der Waals surface area contributed by atoms with E-state index >= 15 is 0 Å². The normalized spacial score (nSPS) is 23.2. The SMILES string of the molecule is CC1SCC(C(=O)O)N1C(=O)NC(C)(C)CC(N)=O. The van der Waals surface area contributed by atoms with Gasteiger partial charge in [-0.25, -0.2) is 9.59 Å². The first-order chi connectivity index (χ1) is 8.64. The fourth-order valence-corrected chi connectivity index (χ4v) is 3.14. The summed E-state index contributed by atoms with van der Waals surface area (Å²) in [4.78, 5) is 35.5. The van der Waals surface area contributed by atoms with Crippen LogP contribution in [0.5, 0.6) is 0 Å². The molecule has 1 saturated heterocycles. The summed E-state index contributed by atoms with van der Waals surface area (Å²) >= 11 is 1.40. The highest BCUT2D eigenvalue weighted by molar-refractivity contribution is 8.00. The van der Waals surface area contributed by atoms with Gasteiger partial charge in [0.2, 0.25) is 5.91 Å². The van der Waals surface area contributed by atoms with Crippen molar-refractivity contribution >= 4 is 29.7 Å². The number of nitrogens with zero attached hydrogens (tertiary/aromatic N) is 1. The number of rotatable bonds is 4. The number of carbonyl (C=O) groups excluding carboxylic acids is 2. The number of carbonyl (C=O) groups is 3. The van der Waals surface area contributed by atoms with Crippen LogP contribution in [0.15, 0.2) is 0 Å². The summed E-state index contributed by atoms with van der Waals surface area (Å²) in [6.45, 7) is 5.10. The second-order valence-corrected chi connectivity index (χ2v) is 6.50. The molecule has 1 aliphatic heterocycles. The van der Waals surface area contributed by atoms with Gasteiger partial charge in [-0.1, -0.05) is 0 Å². The molecule has 0 spiro atoms. The third-order valence-corrected chi connectivity index (χ3v) is 4.02. The largest absolute Gasteiger partial charge is 0.480 e. The van der Waals surface area contributed by atoms with E-state index in [4.69, 9.17) is 10.8 Å². The van der Waals surface area contributed by atoms with Crippen LogP contribution in [0, 0.1) is 0 Å². The minimum Gasteiger partial charge on any atom is -0.480 e. The molecule has 19 heavy (non-hydrogen) atoms. The Morgan fingerprint density at radius 1 is 1.47 bits per heavy atom. The van der Waals surface area contributed by atoms with E-state index in [1.807, 2.05) is 0 Å². The average molecular weight is 289 g/mol. The molecule has 1 fully saturated rings. The lowest BCUT2D eigenvalue weighted by atomic mass is 10.0. The van der Waals surface area contributed by atoms with Crippen LogP contribution >= 0.6 is 11.8 Å². The van der Waals surface area contributed by atoms with Crippen molar-refractivity contribution < 1.29 is 19.5 Å². The van der Waals surface area contributed by atoms with E-state index in [-0.39, 0.29) is 11.8 Å². The summed E-state index contributed by atoms with van der Waals surface area (Å²) in [6, 6.07) is -1.33. The number of nitrogens with one attached hydrogen (secondary N) is 1. The van der Waals surface area contributed by atoms with Crippen molar-refractivity contribution in [3.8, 4) is 0 Å². The zero-order chi connectivity index (χ0) is 14.8. The highest BCUT2D eigenvalue weighted by atomic mass is 32.2. The van der Waals surface area contributed by atoms with Crippen LogP contribution < -0.4 is 11.1 Å². The molecule has 0 aromatic rings. The van der Waals surface area contributed by atoms with E-state index < -0.39 is 29.5 Å². The first-order valence-corrected chi connectivity index (χ1v) is 6.92. The lowest BCUT2D eigenvalue weighted by Gasteiger charge is -2.31. The number of carboxylic acids is 1. The number of aliphatic carboxylic acids is 1. The standard InChI is InChI=1S/C11H19N3O4S/c1-6-14(7(5-19-6)9(16)17)10(18)13-11(2,3)4-8(12)15/h6-7H,4-5H2,1-3H3,(H2,12,15)(H,13,18)(H,16,17). The summed E-state index contributed by atoms with van der Waals surface area (Å²) in [5.74, 6) is -1.19. The van der Waals surface area contributed by atoms with Gasteiger partial charge >= 0.3 is 12.0 Å². The van der Waals surface area contributed by atoms with Crippen molar-refractivity contribution in [1.82, 2.24) is 10.2 Å². The summed E-state index contributed by atoms with van der Waals surface area (Å²) < 4.78 is 0. The fraction of sp³-hybridized carbons (Fsp3) is 0.727. The van der Waals surface area contributed by atoms with Crippen molar-refractivity contribution in [3.63, 3.8) is 0 Å². The van der Waals surface area contributed by atoms with Gasteiger partial charge in [0.1, 0.15) is 6.04 Å². The molecule has 0 aliphatic carbocycles. The predicted octanol–water partition coefficient (Wildman–Crippen LogP) is 0.198. The molecule has 108 valence electrons. The lowest BCUT2D eigenvalue weighted by Crippen LogP contribution is -2.55. The van der Waals surface area contributed by atoms with Crippen LogP contribution in [0.1, 0.15) is 27.2 Å². The van der Waals surface area contributed by atoms with Crippen molar-refractivity contribution in [3.05, 3.63) is 0 Å². The minimum absolute atomic E-state index is 0.00809. The molecule has 1 rings (SSSR count). The van der Waals surface area contributed by atoms with E-state index in [0.717, 1.165) is 0 Å². The van der Waals surface area contributed by atoms with E-state index in [0.29, 0.717) is 5.75 Å². The Morgan fingerprint density at radius 3 is 2.53 bits per heavy atom. The summed E-state index contributed by atoms with van der Waals surface area (Å²) in [5, 5.41) is 11.5. The Hall–Kier alpha value is -1.44. The Bertz CT molecular complexity index is 399. The number of hydrogen-bond donors (Lipinski definition) is 3. The molecule has 0 bridgehead atoms. The summed E-state index contributed by atoms with van der Waals surface area (Å²) in [7, 11) is 0. The van der Waals surface area contributed by atoms with Gasteiger partial charge < -0.3 is 16.2 Å². The maximum Gasteiger partial charge on any atom is 0.327 e. The highest BCUT2D eigenvalue weighted by Gasteiger charge is 2.40. The number of thioether (sulfide) groups is 1. The zero-order valence-electron chi connectivity index (χ0n) is 11.2. The molecular weight excluding hydrogens is 270 g/mol. The molecular formula is C11H19N3O4S. The molecule has 0 saturated carbocycles. The van der Waals surface area contributed by atoms with Crippen molar-refractivity contribution in [2.24, 2.45) is 5.73 Å². The smallest absolute Gasteiger partial charge is 0.327 e. The molecule has 3 amide bonds. The second kappa shape index (κ2) is 5.68. The Balaban J connectivity index is 2.76. The van der Waals surface area contributed by atoms with Crippen molar-refractivity contribution in [2.45, 2.75) is 44.1 Å². The predicted molar refractivity (Wildman–Crippen MR) is 71.6 cm³/mol. The third-order valence-electron chi connectivity index (χ3n) is 2.80. The molecule has 2 unspecified atom stereocenters. The van der Waals surface area contributed by atoms with Crippen LogP contribution in [0.3, 0.4) is 0 Å². The van der Waals surface area contributed by atoms with E-state index in [1.165, 1.54) is 16.7 Å². The molecule has 1 heterocycles. The van der Waals surface area contributed by atoms with Gasteiger partial charge in [-0.2, -0.15) is 0 Å². The lowest BCUT2D eigenvalue weighted by molar-refractivity contribution is -0.141. The number of carboxylic acid groups (broad SMARTS) is 1. The molecule has 1 aliphatic rings. The average Bonchev–Trinajstić information content (AvgIpc) is 2.56. The molecule has 2 atom stereocenters. The molecule has 4 N–H and O–H groups in total. The van der Waals surface area contributed by atoms with Gasteiger partial charge in [0.15, 0.2) is 0 Å². The third kappa shape index (κ3) is 4.02. The van der Waals surface area contributed by atoms with Crippen molar-refractivity contribution in [2.75, 3.05) is 5.75 Å². The first-order valence-electron chi connectivity index (χ1n) is 5.87. The maximum absolute atomic E-state index is 12.2. The molecule has 0 aromatic carbocycles. The van der Waals surface area contributed by atoms with Crippen LogP contribution in [0.2, 0.25) is 0 Å². The topological polar surface area (TPSA) is 113 Å². The van der Waals surface area contributed by atoms with Crippen LogP contribution in [0.4, 0.5) is 4.79 Å². The van der Waals surface area contributed by atoms with Crippen LogP contribution in [-0.2, 0) is 9.59 Å². The summed E-state index contributed by atoms with van der Waals surface area (Å²) in [5.41, 5.74) is 4.30. The number of urea groups is 1. The van der Waals surface area contributed by atoms with E-state index in [2.05, 4.69) is 5.32 Å². The van der Waals surface area contributed by atoms with E-state index in [1.54, 1.807) is 20.8 Å². The molecule has 0 aromatic heterocycles. The number of amides is 3. The Kier molecular flexibility index (Phi) is 4.67. The summed E-state index contributed by atoms with van der Waals surface area (Å²) in [6.07, 6.45) is -0.00809. The number of primary amides is 1. The number of nitrogens with two attached hydrogens (primary N) is 1. The van der Waals surface area contributed by atoms with Gasteiger partial charge in [-0.15, -0.1) is 11.8 Å². The Labute approximate surface area is 115 Å². The van der Waals surface area contributed by atoms with Gasteiger partial charge in [0, 0.05) is 17.7 Å². The van der Waals surface area contributed by atoms with Gasteiger partial charge in [0.25, 0.3) is 0 Å². The van der Waals surface area contributed by atoms with E-state index in [9.17, 15) is 14.4 Å². The molecule has 8 heteroatoms. The van der Waals surface area contributed by atoms with Gasteiger partial charge in [0.05, 0.1) is 5.37 Å². The van der Waals surface area contributed by atoms with Gasteiger partial charge in [-0.3, -0.25) is 9.69 Å². The number of hydrogen-bond acceptors (Lipinski definition) is 4. The van der Waals surface area contributed by atoms with Gasteiger partial charge in [-0.05, 0) is 20.8 Å². The zero-order valence-corrected chi connectivity index (χ0v) is 12.0. The quantitative estimate of drug-likeness (QED) is 0.684. The maximum atomic E-state index is 12.2. The fourth-order valence-electron chi connectivity index (χ4n) is 1.98. The minimum atomic E-state index is -1.03. The monoisotopic (exact) mass is 289 g/mol. The van der Waals surface area contributed by atoms with Crippen LogP contribution in [0.25, 0.3) is 0 Å². The second-order valence-electron chi connectivity index (χ2n) is 5.15. The van der Waals surface area contributed by atoms with Crippen LogP contribution in [-0.4, -0.2) is 50.6 Å². The molecule has 0 radical (unpaired) electrons. The first kappa shape index (κ1) is 15.6. The van der Waals surface area contributed by atoms with Crippen molar-refractivity contribution in [1.29, 1.82) is 0 Å². The molecule has 7 nitrogen and oxygen atoms in total. The highest BCUT2D eigenvalue weighted by Crippen LogP contribution is 2.29. The Morgan fingerprint density at radius 2 is 2.05 bits per heavy atom.